The standard InChI is InChI=1S/C25H24BrN3O3S/c1-2-32-22-14-9-18(16-21(22)26)24(31)29-25(33)28-20-12-10-19(11-13-20)27-23(30)15-8-17-6-4-3-5-7-17/h3-7,9-14,16H,2,8,15H2,1H3,(H,27,30)(H2,28,29,31,33). The lowest BCUT2D eigenvalue weighted by atomic mass is 10.1. The molecule has 3 rings (SSSR count). The first kappa shape index (κ1) is 24.4. The second-order valence-electron chi connectivity index (χ2n) is 7.10. The lowest BCUT2D eigenvalue weighted by Gasteiger charge is -2.12. The zero-order valence-electron chi connectivity index (χ0n) is 18.1. The molecule has 0 aliphatic carbocycles. The van der Waals surface area contributed by atoms with Crippen molar-refractivity contribution in [3.63, 3.8) is 0 Å². The minimum atomic E-state index is -0.335. The Labute approximate surface area is 206 Å². The number of benzene rings is 3. The summed E-state index contributed by atoms with van der Waals surface area (Å²) < 4.78 is 6.15. The van der Waals surface area contributed by atoms with E-state index < -0.39 is 0 Å². The first-order valence-corrected chi connectivity index (χ1v) is 11.6. The van der Waals surface area contributed by atoms with E-state index in [4.69, 9.17) is 17.0 Å². The molecule has 0 atom stereocenters. The summed E-state index contributed by atoms with van der Waals surface area (Å²) in [5, 5.41) is 8.67. The van der Waals surface area contributed by atoms with Crippen molar-refractivity contribution in [3.8, 4) is 5.75 Å². The van der Waals surface area contributed by atoms with E-state index in [1.54, 1.807) is 42.5 Å². The van der Waals surface area contributed by atoms with Crippen LogP contribution >= 0.6 is 28.1 Å². The van der Waals surface area contributed by atoms with Gasteiger partial charge in [-0.25, -0.2) is 0 Å². The minimum absolute atomic E-state index is 0.0520. The molecule has 0 unspecified atom stereocenters. The van der Waals surface area contributed by atoms with Gasteiger partial charge in [-0.1, -0.05) is 30.3 Å². The van der Waals surface area contributed by atoms with Crippen LogP contribution in [0.25, 0.3) is 0 Å². The largest absolute Gasteiger partial charge is 0.493 e. The van der Waals surface area contributed by atoms with Gasteiger partial charge in [-0.05, 0) is 89.5 Å². The molecular formula is C25H24BrN3O3S. The Bertz CT molecular complexity index is 1120. The Morgan fingerprint density at radius 3 is 2.24 bits per heavy atom. The first-order chi connectivity index (χ1) is 15.9. The number of carbonyl (C=O) groups is 2. The number of hydrogen-bond donors (Lipinski definition) is 3. The maximum Gasteiger partial charge on any atom is 0.257 e. The van der Waals surface area contributed by atoms with Gasteiger partial charge < -0.3 is 15.4 Å². The molecule has 33 heavy (non-hydrogen) atoms. The van der Waals surface area contributed by atoms with Gasteiger partial charge in [-0.3, -0.25) is 14.9 Å². The van der Waals surface area contributed by atoms with Crippen LogP contribution in [0.1, 0.15) is 29.3 Å². The van der Waals surface area contributed by atoms with E-state index in [1.165, 1.54) is 0 Å². The van der Waals surface area contributed by atoms with E-state index in [0.717, 1.165) is 5.56 Å². The van der Waals surface area contributed by atoms with Crippen molar-refractivity contribution in [1.29, 1.82) is 0 Å². The second kappa shape index (κ2) is 12.1. The summed E-state index contributed by atoms with van der Waals surface area (Å²) in [6, 6.07) is 22.1. The number of halogens is 1. The number of thiocarbonyl (C=S) groups is 1. The highest BCUT2D eigenvalue weighted by Crippen LogP contribution is 2.26. The number of nitrogens with one attached hydrogen (secondary N) is 3. The molecule has 0 heterocycles. The molecule has 8 heteroatoms. The zero-order chi connectivity index (χ0) is 23.6. The van der Waals surface area contributed by atoms with E-state index in [9.17, 15) is 9.59 Å². The molecule has 6 nitrogen and oxygen atoms in total. The van der Waals surface area contributed by atoms with Gasteiger partial charge >= 0.3 is 0 Å². The van der Waals surface area contributed by atoms with E-state index in [1.807, 2.05) is 37.3 Å². The Hall–Kier alpha value is -3.23. The Balaban J connectivity index is 1.47. The number of aryl methyl sites for hydroxylation is 1. The summed E-state index contributed by atoms with van der Waals surface area (Å²) in [7, 11) is 0. The number of hydrogen-bond acceptors (Lipinski definition) is 4. The van der Waals surface area contributed by atoms with Gasteiger partial charge in [-0.2, -0.15) is 0 Å². The third-order valence-electron chi connectivity index (χ3n) is 4.63. The molecule has 3 aromatic carbocycles. The molecule has 0 spiro atoms. The van der Waals surface area contributed by atoms with Crippen molar-refractivity contribution in [2.75, 3.05) is 17.2 Å². The molecule has 0 aliphatic rings. The van der Waals surface area contributed by atoms with Crippen LogP contribution in [0.2, 0.25) is 0 Å². The molecule has 0 saturated carbocycles. The van der Waals surface area contributed by atoms with E-state index >= 15 is 0 Å². The van der Waals surface area contributed by atoms with Crippen LogP contribution in [0.3, 0.4) is 0 Å². The van der Waals surface area contributed by atoms with Crippen molar-refractivity contribution >= 4 is 56.4 Å². The number of ether oxygens (including phenoxy) is 1. The summed E-state index contributed by atoms with van der Waals surface area (Å²) in [6.07, 6.45) is 1.09. The van der Waals surface area contributed by atoms with Crippen LogP contribution in [0.5, 0.6) is 5.75 Å². The van der Waals surface area contributed by atoms with Crippen LogP contribution in [-0.2, 0) is 11.2 Å². The first-order valence-electron chi connectivity index (χ1n) is 10.4. The molecule has 0 bridgehead atoms. The number of carbonyl (C=O) groups excluding carboxylic acids is 2. The number of anilines is 2. The van der Waals surface area contributed by atoms with Gasteiger partial charge in [0, 0.05) is 23.4 Å². The SMILES string of the molecule is CCOc1ccc(C(=O)NC(=S)Nc2ccc(NC(=O)CCc3ccccc3)cc2)cc1Br. The Morgan fingerprint density at radius 2 is 1.61 bits per heavy atom. The topological polar surface area (TPSA) is 79.5 Å². The third kappa shape index (κ3) is 7.69. The fourth-order valence-corrected chi connectivity index (χ4v) is 3.72. The highest BCUT2D eigenvalue weighted by atomic mass is 79.9. The molecular weight excluding hydrogens is 502 g/mol. The van der Waals surface area contributed by atoms with Crippen molar-refractivity contribution in [2.24, 2.45) is 0 Å². The summed E-state index contributed by atoms with van der Waals surface area (Å²) in [5.41, 5.74) is 2.95. The fourth-order valence-electron chi connectivity index (χ4n) is 3.02. The highest BCUT2D eigenvalue weighted by Gasteiger charge is 2.11. The smallest absolute Gasteiger partial charge is 0.257 e. The van der Waals surface area contributed by atoms with Crippen molar-refractivity contribution < 1.29 is 14.3 Å². The summed E-state index contributed by atoms with van der Waals surface area (Å²) in [4.78, 5) is 24.6. The zero-order valence-corrected chi connectivity index (χ0v) is 20.5. The predicted molar refractivity (Wildman–Crippen MR) is 139 cm³/mol. The minimum Gasteiger partial charge on any atom is -0.493 e. The molecule has 2 amide bonds. The van der Waals surface area contributed by atoms with Gasteiger partial charge in [0.25, 0.3) is 5.91 Å². The summed E-state index contributed by atoms with van der Waals surface area (Å²) in [5.74, 6) is 0.282. The van der Waals surface area contributed by atoms with Crippen LogP contribution in [0.15, 0.2) is 77.3 Å². The average Bonchev–Trinajstić information content (AvgIpc) is 2.81. The molecule has 0 fully saturated rings. The van der Waals surface area contributed by atoms with E-state index in [-0.39, 0.29) is 16.9 Å². The molecule has 0 radical (unpaired) electrons. The second-order valence-corrected chi connectivity index (χ2v) is 8.36. The quantitative estimate of drug-likeness (QED) is 0.336. The molecule has 0 aliphatic heterocycles. The van der Waals surface area contributed by atoms with Crippen LogP contribution in [-0.4, -0.2) is 23.5 Å². The van der Waals surface area contributed by atoms with E-state index in [2.05, 4.69) is 31.9 Å². The van der Waals surface area contributed by atoms with Crippen LogP contribution in [0.4, 0.5) is 11.4 Å². The van der Waals surface area contributed by atoms with Crippen molar-refractivity contribution in [3.05, 3.63) is 88.4 Å². The van der Waals surface area contributed by atoms with Gasteiger partial charge in [-0.15, -0.1) is 0 Å². The van der Waals surface area contributed by atoms with Gasteiger partial charge in [0.15, 0.2) is 5.11 Å². The molecule has 170 valence electrons. The predicted octanol–water partition coefficient (Wildman–Crippen LogP) is 5.55. The Kier molecular flexibility index (Phi) is 8.97. The lowest BCUT2D eigenvalue weighted by Crippen LogP contribution is -2.34. The normalized spacial score (nSPS) is 10.2. The highest BCUT2D eigenvalue weighted by molar-refractivity contribution is 9.10. The lowest BCUT2D eigenvalue weighted by molar-refractivity contribution is -0.116. The maximum absolute atomic E-state index is 12.5. The third-order valence-corrected chi connectivity index (χ3v) is 5.45. The van der Waals surface area contributed by atoms with Crippen LogP contribution < -0.4 is 20.7 Å². The van der Waals surface area contributed by atoms with E-state index in [0.29, 0.717) is 46.6 Å². The fraction of sp³-hybridized carbons (Fsp3) is 0.160. The van der Waals surface area contributed by atoms with Gasteiger partial charge in [0.05, 0.1) is 11.1 Å². The number of rotatable bonds is 8. The van der Waals surface area contributed by atoms with Crippen molar-refractivity contribution in [2.45, 2.75) is 19.8 Å². The molecule has 0 aromatic heterocycles. The Morgan fingerprint density at radius 1 is 0.939 bits per heavy atom. The molecule has 3 N–H and O–H groups in total. The maximum atomic E-state index is 12.5. The molecule has 0 saturated heterocycles. The van der Waals surface area contributed by atoms with Crippen LogP contribution in [0, 0.1) is 0 Å². The number of amides is 2. The average molecular weight is 526 g/mol. The molecule has 3 aromatic rings. The van der Waals surface area contributed by atoms with Gasteiger partial charge in [0.2, 0.25) is 5.91 Å². The summed E-state index contributed by atoms with van der Waals surface area (Å²) >= 11 is 8.65. The van der Waals surface area contributed by atoms with Gasteiger partial charge in [0.1, 0.15) is 5.75 Å². The summed E-state index contributed by atoms with van der Waals surface area (Å²) in [6.45, 7) is 2.43. The monoisotopic (exact) mass is 525 g/mol. The van der Waals surface area contributed by atoms with Crippen molar-refractivity contribution in [1.82, 2.24) is 5.32 Å².